The number of halogens is 1. The largest absolute Gasteiger partial charge is 0.313 e. The van der Waals surface area contributed by atoms with E-state index < -0.39 is 0 Å². The van der Waals surface area contributed by atoms with Crippen LogP contribution in [0.5, 0.6) is 0 Å². The van der Waals surface area contributed by atoms with Crippen LogP contribution >= 0.6 is 11.6 Å². The summed E-state index contributed by atoms with van der Waals surface area (Å²) in [5.41, 5.74) is 2.60. The van der Waals surface area contributed by atoms with E-state index >= 15 is 0 Å². The number of nitrogens with one attached hydrogen (secondary N) is 1. The third-order valence-corrected chi connectivity index (χ3v) is 2.87. The zero-order valence-corrected chi connectivity index (χ0v) is 11.3. The summed E-state index contributed by atoms with van der Waals surface area (Å²) in [5, 5.41) is 4.26. The average Bonchev–Trinajstić information content (AvgIpc) is 2.22. The maximum Gasteiger partial charge on any atom is 0.0451 e. The van der Waals surface area contributed by atoms with Crippen molar-refractivity contribution < 1.29 is 0 Å². The van der Waals surface area contributed by atoms with Crippen molar-refractivity contribution >= 4 is 11.6 Å². The highest BCUT2D eigenvalue weighted by molar-refractivity contribution is 6.31. The fourth-order valence-electron chi connectivity index (χ4n) is 1.76. The van der Waals surface area contributed by atoms with Crippen LogP contribution in [-0.4, -0.2) is 6.54 Å². The molecule has 0 amide bonds. The predicted octanol–water partition coefficient (Wildman–Crippen LogP) is 4.04. The third-order valence-electron chi connectivity index (χ3n) is 2.50. The summed E-state index contributed by atoms with van der Waals surface area (Å²) < 4.78 is 0. The Morgan fingerprint density at radius 1 is 1.31 bits per heavy atom. The molecule has 0 atom stereocenters. The van der Waals surface area contributed by atoms with Gasteiger partial charge in [-0.25, -0.2) is 0 Å². The van der Waals surface area contributed by atoms with Crippen molar-refractivity contribution in [1.29, 1.82) is 0 Å². The SMILES string of the molecule is CCCNCc1cc(CC(C)C)ccc1Cl. The zero-order chi connectivity index (χ0) is 12.0. The topological polar surface area (TPSA) is 12.0 Å². The second-order valence-electron chi connectivity index (χ2n) is 4.70. The van der Waals surface area contributed by atoms with Gasteiger partial charge < -0.3 is 5.32 Å². The maximum absolute atomic E-state index is 6.17. The van der Waals surface area contributed by atoms with Gasteiger partial charge in [0.05, 0.1) is 0 Å². The first-order valence-electron chi connectivity index (χ1n) is 6.11. The quantitative estimate of drug-likeness (QED) is 0.739. The van der Waals surface area contributed by atoms with Gasteiger partial charge in [-0.3, -0.25) is 0 Å². The number of benzene rings is 1. The lowest BCUT2D eigenvalue weighted by atomic mass is 10.0. The molecular formula is C14H22ClN. The van der Waals surface area contributed by atoms with Gasteiger partial charge in [-0.15, -0.1) is 0 Å². The fourth-order valence-corrected chi connectivity index (χ4v) is 1.95. The molecule has 0 fully saturated rings. The van der Waals surface area contributed by atoms with Crippen molar-refractivity contribution in [3.63, 3.8) is 0 Å². The van der Waals surface area contributed by atoms with Crippen LogP contribution in [0.4, 0.5) is 0 Å². The van der Waals surface area contributed by atoms with Crippen molar-refractivity contribution in [3.05, 3.63) is 34.3 Å². The Hall–Kier alpha value is -0.530. The molecule has 2 heteroatoms. The molecule has 0 aliphatic rings. The summed E-state index contributed by atoms with van der Waals surface area (Å²) in [7, 11) is 0. The standard InChI is InChI=1S/C14H22ClN/c1-4-7-16-10-13-9-12(8-11(2)3)5-6-14(13)15/h5-6,9,11,16H,4,7-8,10H2,1-3H3. The molecule has 0 aliphatic carbocycles. The highest BCUT2D eigenvalue weighted by Gasteiger charge is 2.03. The zero-order valence-electron chi connectivity index (χ0n) is 10.5. The lowest BCUT2D eigenvalue weighted by Gasteiger charge is -2.10. The molecule has 1 aromatic rings. The van der Waals surface area contributed by atoms with Gasteiger partial charge in [-0.05, 0) is 42.5 Å². The maximum atomic E-state index is 6.17. The van der Waals surface area contributed by atoms with Crippen molar-refractivity contribution in [2.24, 2.45) is 5.92 Å². The minimum atomic E-state index is 0.692. The highest BCUT2D eigenvalue weighted by atomic mass is 35.5. The Balaban J connectivity index is 2.66. The molecule has 1 aromatic carbocycles. The molecule has 0 unspecified atom stereocenters. The van der Waals surface area contributed by atoms with Crippen molar-refractivity contribution in [2.75, 3.05) is 6.54 Å². The molecule has 0 heterocycles. The fraction of sp³-hybridized carbons (Fsp3) is 0.571. The molecule has 0 bridgehead atoms. The molecule has 0 aliphatic heterocycles. The van der Waals surface area contributed by atoms with Crippen molar-refractivity contribution in [2.45, 2.75) is 40.2 Å². The number of hydrogen-bond donors (Lipinski definition) is 1. The van der Waals surface area contributed by atoms with Gasteiger partial charge in [0.15, 0.2) is 0 Å². The van der Waals surface area contributed by atoms with E-state index in [1.807, 2.05) is 6.07 Å². The van der Waals surface area contributed by atoms with Crippen LogP contribution in [0.2, 0.25) is 5.02 Å². The van der Waals surface area contributed by atoms with E-state index in [4.69, 9.17) is 11.6 Å². The van der Waals surface area contributed by atoms with Crippen LogP contribution in [0.3, 0.4) is 0 Å². The number of rotatable bonds is 6. The Kier molecular flexibility index (Phi) is 5.86. The van der Waals surface area contributed by atoms with Crippen LogP contribution in [0.1, 0.15) is 38.3 Å². The van der Waals surface area contributed by atoms with Crippen LogP contribution < -0.4 is 5.32 Å². The first kappa shape index (κ1) is 13.5. The smallest absolute Gasteiger partial charge is 0.0451 e. The highest BCUT2D eigenvalue weighted by Crippen LogP contribution is 2.19. The minimum absolute atomic E-state index is 0.692. The summed E-state index contributed by atoms with van der Waals surface area (Å²) in [6, 6.07) is 6.37. The van der Waals surface area contributed by atoms with Gasteiger partial charge in [0.2, 0.25) is 0 Å². The van der Waals surface area contributed by atoms with Gasteiger partial charge in [-0.1, -0.05) is 44.5 Å². The summed E-state index contributed by atoms with van der Waals surface area (Å²) in [6.45, 7) is 8.57. The summed E-state index contributed by atoms with van der Waals surface area (Å²) >= 11 is 6.17. The second-order valence-corrected chi connectivity index (χ2v) is 5.11. The summed E-state index contributed by atoms with van der Waals surface area (Å²) in [5.74, 6) is 0.692. The van der Waals surface area contributed by atoms with Crippen molar-refractivity contribution in [3.8, 4) is 0 Å². The summed E-state index contributed by atoms with van der Waals surface area (Å²) in [6.07, 6.45) is 2.28. The Morgan fingerprint density at radius 2 is 2.06 bits per heavy atom. The van der Waals surface area contributed by atoms with Gasteiger partial charge in [0.1, 0.15) is 0 Å². The van der Waals surface area contributed by atoms with Gasteiger partial charge in [0.25, 0.3) is 0 Å². The molecule has 90 valence electrons. The molecule has 0 saturated carbocycles. The molecule has 0 spiro atoms. The van der Waals surface area contributed by atoms with Gasteiger partial charge in [-0.2, -0.15) is 0 Å². The van der Waals surface area contributed by atoms with Crippen LogP contribution in [0.15, 0.2) is 18.2 Å². The lowest BCUT2D eigenvalue weighted by molar-refractivity contribution is 0.643. The van der Waals surface area contributed by atoms with E-state index in [0.29, 0.717) is 5.92 Å². The predicted molar refractivity (Wildman–Crippen MR) is 72.0 cm³/mol. The molecule has 0 aromatic heterocycles. The lowest BCUT2D eigenvalue weighted by Crippen LogP contribution is -2.14. The molecular weight excluding hydrogens is 218 g/mol. The Labute approximate surface area is 104 Å². The van der Waals surface area contributed by atoms with E-state index in [2.05, 4.69) is 38.2 Å². The average molecular weight is 240 g/mol. The number of hydrogen-bond acceptors (Lipinski definition) is 1. The van der Waals surface area contributed by atoms with Gasteiger partial charge >= 0.3 is 0 Å². The van der Waals surface area contributed by atoms with Crippen LogP contribution in [0, 0.1) is 5.92 Å². The van der Waals surface area contributed by atoms with Crippen LogP contribution in [-0.2, 0) is 13.0 Å². The molecule has 0 saturated heterocycles. The molecule has 0 radical (unpaired) electrons. The van der Waals surface area contributed by atoms with E-state index in [1.165, 1.54) is 11.1 Å². The molecule has 16 heavy (non-hydrogen) atoms. The van der Waals surface area contributed by atoms with E-state index in [0.717, 1.165) is 31.0 Å². The molecule has 1 rings (SSSR count). The first-order chi connectivity index (χ1) is 7.63. The first-order valence-corrected chi connectivity index (χ1v) is 6.49. The monoisotopic (exact) mass is 239 g/mol. The Bertz CT molecular complexity index is 321. The molecule has 1 N–H and O–H groups in total. The van der Waals surface area contributed by atoms with E-state index in [-0.39, 0.29) is 0 Å². The van der Waals surface area contributed by atoms with E-state index in [1.54, 1.807) is 0 Å². The third kappa shape index (κ3) is 4.54. The van der Waals surface area contributed by atoms with Crippen molar-refractivity contribution in [1.82, 2.24) is 5.32 Å². The second kappa shape index (κ2) is 6.93. The van der Waals surface area contributed by atoms with Crippen LogP contribution in [0.25, 0.3) is 0 Å². The summed E-state index contributed by atoms with van der Waals surface area (Å²) in [4.78, 5) is 0. The minimum Gasteiger partial charge on any atom is -0.313 e. The Morgan fingerprint density at radius 3 is 2.69 bits per heavy atom. The molecule has 1 nitrogen and oxygen atoms in total. The normalized spacial score (nSPS) is 11.1. The van der Waals surface area contributed by atoms with E-state index in [9.17, 15) is 0 Å². The van der Waals surface area contributed by atoms with Gasteiger partial charge in [0, 0.05) is 11.6 Å².